The third-order valence-corrected chi connectivity index (χ3v) is 2.63. The van der Waals surface area contributed by atoms with E-state index in [4.69, 9.17) is 4.74 Å². The van der Waals surface area contributed by atoms with Gasteiger partial charge in [-0.15, -0.1) is 0 Å². The molecule has 0 radical (unpaired) electrons. The van der Waals surface area contributed by atoms with E-state index in [2.05, 4.69) is 5.32 Å². The van der Waals surface area contributed by atoms with Crippen LogP contribution in [0.5, 0.6) is 0 Å². The van der Waals surface area contributed by atoms with Gasteiger partial charge in [-0.3, -0.25) is 19.3 Å². The molecule has 1 N–H and O–H groups in total. The van der Waals surface area contributed by atoms with Crippen molar-refractivity contribution in [2.24, 2.45) is 0 Å². The number of methoxy groups -OCH3 is 1. The van der Waals surface area contributed by atoms with Crippen LogP contribution in [0, 0.1) is 0 Å². The fourth-order valence-electron chi connectivity index (χ4n) is 1.03. The van der Waals surface area contributed by atoms with Crippen molar-refractivity contribution in [1.82, 2.24) is 10.2 Å². The van der Waals surface area contributed by atoms with Gasteiger partial charge >= 0.3 is 0 Å². The van der Waals surface area contributed by atoms with E-state index < -0.39 is 0 Å². The molecule has 7 heteroatoms. The third-order valence-electron chi connectivity index (χ3n) is 1.77. The number of amides is 3. The molecule has 1 heterocycles. The van der Waals surface area contributed by atoms with Gasteiger partial charge in [-0.25, -0.2) is 0 Å². The van der Waals surface area contributed by atoms with Gasteiger partial charge in [0.2, 0.25) is 11.8 Å². The summed E-state index contributed by atoms with van der Waals surface area (Å²) in [5.74, 6) is -0.535. The van der Waals surface area contributed by atoms with Crippen molar-refractivity contribution in [3.63, 3.8) is 0 Å². The summed E-state index contributed by atoms with van der Waals surface area (Å²) in [5.41, 5.74) is 0. The fraction of sp³-hybridized carbons (Fsp3) is 0.625. The first-order valence-corrected chi connectivity index (χ1v) is 5.36. The van der Waals surface area contributed by atoms with Gasteiger partial charge in [-0.2, -0.15) is 0 Å². The third kappa shape index (κ3) is 3.52. The predicted molar refractivity (Wildman–Crippen MR) is 54.5 cm³/mol. The second-order valence-corrected chi connectivity index (χ2v) is 3.80. The van der Waals surface area contributed by atoms with E-state index in [0.29, 0.717) is 13.2 Å². The molecule has 0 atom stereocenters. The monoisotopic (exact) mass is 232 g/mol. The molecule has 0 saturated carbocycles. The highest BCUT2D eigenvalue weighted by molar-refractivity contribution is 8.14. The van der Waals surface area contributed by atoms with E-state index in [-0.39, 0.29) is 29.4 Å². The van der Waals surface area contributed by atoms with Crippen LogP contribution in [-0.4, -0.2) is 54.5 Å². The summed E-state index contributed by atoms with van der Waals surface area (Å²) >= 11 is 0.917. The number of hydrogen-bond donors (Lipinski definition) is 1. The highest BCUT2D eigenvalue weighted by Gasteiger charge is 2.31. The van der Waals surface area contributed by atoms with Gasteiger partial charge in [-0.1, -0.05) is 11.8 Å². The van der Waals surface area contributed by atoms with Crippen molar-refractivity contribution in [1.29, 1.82) is 0 Å². The number of ether oxygens (including phenoxy) is 1. The maximum atomic E-state index is 11.2. The number of carbonyl (C=O) groups is 3. The molecule has 15 heavy (non-hydrogen) atoms. The van der Waals surface area contributed by atoms with E-state index in [1.807, 2.05) is 0 Å². The van der Waals surface area contributed by atoms with Gasteiger partial charge in [-0.05, 0) is 0 Å². The van der Waals surface area contributed by atoms with Crippen LogP contribution >= 0.6 is 11.8 Å². The number of thioether (sulfide) groups is 1. The van der Waals surface area contributed by atoms with Gasteiger partial charge in [0.1, 0.15) is 6.54 Å². The minimum absolute atomic E-state index is 0.129. The standard InChI is InChI=1S/C8H12N2O4S/c1-14-3-2-9-6(11)4-10-7(12)5-15-8(10)13/h2-5H2,1H3,(H,9,11). The molecule has 0 bridgehead atoms. The summed E-state index contributed by atoms with van der Waals surface area (Å²) in [4.78, 5) is 34.4. The average Bonchev–Trinajstić information content (AvgIpc) is 2.50. The first-order valence-electron chi connectivity index (χ1n) is 4.38. The van der Waals surface area contributed by atoms with Crippen LogP contribution in [0.3, 0.4) is 0 Å². The summed E-state index contributed by atoms with van der Waals surface area (Å²) in [7, 11) is 1.52. The highest BCUT2D eigenvalue weighted by Crippen LogP contribution is 2.17. The second-order valence-electron chi connectivity index (χ2n) is 2.88. The molecule has 84 valence electrons. The Hall–Kier alpha value is -1.08. The minimum Gasteiger partial charge on any atom is -0.383 e. The van der Waals surface area contributed by atoms with Gasteiger partial charge < -0.3 is 10.1 Å². The molecular weight excluding hydrogens is 220 g/mol. The number of nitrogens with zero attached hydrogens (tertiary/aromatic N) is 1. The zero-order valence-corrected chi connectivity index (χ0v) is 9.13. The Morgan fingerprint density at radius 2 is 2.33 bits per heavy atom. The molecule has 0 aromatic heterocycles. The zero-order chi connectivity index (χ0) is 11.3. The second kappa shape index (κ2) is 5.72. The average molecular weight is 232 g/mol. The molecular formula is C8H12N2O4S. The van der Waals surface area contributed by atoms with Crippen molar-refractivity contribution in [3.05, 3.63) is 0 Å². The Kier molecular flexibility index (Phi) is 4.57. The van der Waals surface area contributed by atoms with Gasteiger partial charge in [0.05, 0.1) is 12.4 Å². The lowest BCUT2D eigenvalue weighted by atomic mass is 10.5. The first-order chi connectivity index (χ1) is 7.15. The SMILES string of the molecule is COCCNC(=O)CN1C(=O)CSC1=O. The molecule has 0 aromatic rings. The quantitative estimate of drug-likeness (QED) is 0.643. The van der Waals surface area contributed by atoms with E-state index in [1.54, 1.807) is 0 Å². The van der Waals surface area contributed by atoms with Crippen molar-refractivity contribution >= 4 is 28.8 Å². The zero-order valence-electron chi connectivity index (χ0n) is 8.32. The molecule has 0 spiro atoms. The molecule has 0 aromatic carbocycles. The number of imide groups is 1. The Bertz CT molecular complexity index is 266. The molecule has 3 amide bonds. The van der Waals surface area contributed by atoms with E-state index >= 15 is 0 Å². The highest BCUT2D eigenvalue weighted by atomic mass is 32.2. The fourth-order valence-corrected chi connectivity index (χ4v) is 1.75. The summed E-state index contributed by atoms with van der Waals surface area (Å²) in [6, 6.07) is 0. The normalized spacial score (nSPS) is 15.9. The lowest BCUT2D eigenvalue weighted by molar-refractivity contribution is -0.130. The van der Waals surface area contributed by atoms with E-state index in [9.17, 15) is 14.4 Å². The maximum Gasteiger partial charge on any atom is 0.289 e. The van der Waals surface area contributed by atoms with Gasteiger partial charge in [0, 0.05) is 13.7 Å². The number of hydrogen-bond acceptors (Lipinski definition) is 5. The molecule has 1 saturated heterocycles. The molecule has 1 aliphatic heterocycles. The summed E-state index contributed by atoms with van der Waals surface area (Å²) < 4.78 is 4.74. The van der Waals surface area contributed by atoms with Gasteiger partial charge in [0.15, 0.2) is 0 Å². The van der Waals surface area contributed by atoms with Crippen LogP contribution in [0.15, 0.2) is 0 Å². The first kappa shape index (κ1) is 12.0. The lowest BCUT2D eigenvalue weighted by Gasteiger charge is -2.12. The van der Waals surface area contributed by atoms with Crippen LogP contribution in [-0.2, 0) is 14.3 Å². The largest absolute Gasteiger partial charge is 0.383 e. The Morgan fingerprint density at radius 1 is 1.60 bits per heavy atom. The predicted octanol–water partition coefficient (Wildman–Crippen LogP) is -0.556. The topological polar surface area (TPSA) is 75.7 Å². The number of nitrogens with one attached hydrogen (secondary N) is 1. The smallest absolute Gasteiger partial charge is 0.289 e. The van der Waals surface area contributed by atoms with Crippen LogP contribution < -0.4 is 5.32 Å². The van der Waals surface area contributed by atoms with Crippen LogP contribution in [0.4, 0.5) is 4.79 Å². The van der Waals surface area contributed by atoms with E-state index in [0.717, 1.165) is 16.7 Å². The van der Waals surface area contributed by atoms with Crippen molar-refractivity contribution < 1.29 is 19.1 Å². The lowest BCUT2D eigenvalue weighted by Crippen LogP contribution is -2.40. The van der Waals surface area contributed by atoms with Crippen LogP contribution in [0.25, 0.3) is 0 Å². The van der Waals surface area contributed by atoms with Crippen molar-refractivity contribution in [2.45, 2.75) is 0 Å². The number of rotatable bonds is 5. The molecule has 1 aliphatic rings. The Labute approximate surface area is 91.3 Å². The van der Waals surface area contributed by atoms with Gasteiger partial charge in [0.25, 0.3) is 5.24 Å². The number of carbonyl (C=O) groups excluding carboxylic acids is 3. The summed E-state index contributed by atoms with van der Waals surface area (Å²) in [5, 5.41) is 2.17. The summed E-state index contributed by atoms with van der Waals surface area (Å²) in [6.45, 7) is 0.579. The van der Waals surface area contributed by atoms with E-state index in [1.165, 1.54) is 7.11 Å². The van der Waals surface area contributed by atoms with Crippen molar-refractivity contribution in [2.75, 3.05) is 32.6 Å². The van der Waals surface area contributed by atoms with Crippen molar-refractivity contribution in [3.8, 4) is 0 Å². The molecule has 0 aliphatic carbocycles. The van der Waals surface area contributed by atoms with Crippen LogP contribution in [0.1, 0.15) is 0 Å². The molecule has 0 unspecified atom stereocenters. The molecule has 1 rings (SSSR count). The maximum absolute atomic E-state index is 11.2. The van der Waals surface area contributed by atoms with Crippen LogP contribution in [0.2, 0.25) is 0 Å². The minimum atomic E-state index is -0.359. The summed E-state index contributed by atoms with van der Waals surface area (Å²) in [6.07, 6.45) is 0. The Balaban J connectivity index is 2.31. The Morgan fingerprint density at radius 3 is 2.87 bits per heavy atom. The molecule has 1 fully saturated rings. The molecule has 6 nitrogen and oxygen atoms in total.